The second kappa shape index (κ2) is 5.40. The average molecular weight is 193 g/mol. The fourth-order valence-corrected chi connectivity index (χ4v) is 1.24. The first-order chi connectivity index (χ1) is 6.74. The average Bonchev–Trinajstić information content (AvgIpc) is 2.20. The number of nitrogens with two attached hydrogens (primary N) is 1. The number of carbonyl (C=O) groups excluding carboxylic acids is 1. The zero-order valence-corrected chi connectivity index (χ0v) is 8.27. The number of hydrogen-bond acceptors (Lipinski definition) is 3. The summed E-state index contributed by atoms with van der Waals surface area (Å²) in [5.74, 6) is -0.167. The molecule has 2 N–H and O–H groups in total. The molecular formula is C11H15NO2. The zero-order chi connectivity index (χ0) is 10.4. The van der Waals surface area contributed by atoms with Crippen LogP contribution in [-0.4, -0.2) is 19.1 Å². The second-order valence-electron chi connectivity index (χ2n) is 3.15. The lowest BCUT2D eigenvalue weighted by Crippen LogP contribution is -2.19. The zero-order valence-electron chi connectivity index (χ0n) is 8.27. The molecule has 0 aliphatic carbocycles. The molecule has 14 heavy (non-hydrogen) atoms. The summed E-state index contributed by atoms with van der Waals surface area (Å²) in [6.07, 6.45) is 0. The Morgan fingerprint density at radius 3 is 2.57 bits per heavy atom. The highest BCUT2D eigenvalue weighted by Crippen LogP contribution is 2.14. The third-order valence-corrected chi connectivity index (χ3v) is 2.04. The maximum atomic E-state index is 10.6. The van der Waals surface area contributed by atoms with Crippen molar-refractivity contribution in [1.82, 2.24) is 0 Å². The molecule has 3 heteroatoms. The van der Waals surface area contributed by atoms with Gasteiger partial charge in [0.15, 0.2) is 0 Å². The Hall–Kier alpha value is -1.35. The third kappa shape index (κ3) is 3.18. The molecule has 1 atom stereocenters. The maximum absolute atomic E-state index is 10.6. The topological polar surface area (TPSA) is 52.3 Å². The molecule has 0 spiro atoms. The van der Waals surface area contributed by atoms with Crippen molar-refractivity contribution in [2.75, 3.05) is 13.2 Å². The molecule has 0 aromatic heterocycles. The quantitative estimate of drug-likeness (QED) is 0.733. The summed E-state index contributed by atoms with van der Waals surface area (Å²) in [5.41, 5.74) is 6.71. The molecular weight excluding hydrogens is 178 g/mol. The Kier molecular flexibility index (Phi) is 4.13. The summed E-state index contributed by atoms with van der Waals surface area (Å²) in [6, 6.07) is 9.82. The van der Waals surface area contributed by atoms with E-state index in [4.69, 9.17) is 10.5 Å². The SMILES string of the molecule is CC(=O)OCC(CN)c1ccccc1. The molecule has 0 saturated carbocycles. The molecule has 0 aliphatic rings. The summed E-state index contributed by atoms with van der Waals surface area (Å²) in [4.78, 5) is 10.6. The molecule has 3 nitrogen and oxygen atoms in total. The van der Waals surface area contributed by atoms with Crippen LogP contribution < -0.4 is 5.73 Å². The van der Waals surface area contributed by atoms with Crippen molar-refractivity contribution in [3.63, 3.8) is 0 Å². The molecule has 1 aromatic carbocycles. The van der Waals surface area contributed by atoms with E-state index in [1.54, 1.807) is 0 Å². The fourth-order valence-electron chi connectivity index (χ4n) is 1.24. The first kappa shape index (κ1) is 10.7. The van der Waals surface area contributed by atoms with Crippen molar-refractivity contribution < 1.29 is 9.53 Å². The molecule has 0 radical (unpaired) electrons. The fraction of sp³-hybridized carbons (Fsp3) is 0.364. The Morgan fingerprint density at radius 2 is 2.07 bits per heavy atom. The van der Waals surface area contributed by atoms with Gasteiger partial charge in [-0.05, 0) is 5.56 Å². The Morgan fingerprint density at radius 1 is 1.43 bits per heavy atom. The smallest absolute Gasteiger partial charge is 0.302 e. The first-order valence-electron chi connectivity index (χ1n) is 4.62. The van der Waals surface area contributed by atoms with Crippen molar-refractivity contribution >= 4 is 5.97 Å². The normalized spacial score (nSPS) is 12.1. The van der Waals surface area contributed by atoms with E-state index in [1.165, 1.54) is 6.92 Å². The van der Waals surface area contributed by atoms with Gasteiger partial charge < -0.3 is 10.5 Å². The van der Waals surface area contributed by atoms with Gasteiger partial charge in [-0.25, -0.2) is 0 Å². The highest BCUT2D eigenvalue weighted by atomic mass is 16.5. The van der Waals surface area contributed by atoms with Gasteiger partial charge in [0, 0.05) is 19.4 Å². The van der Waals surface area contributed by atoms with Crippen molar-refractivity contribution in [1.29, 1.82) is 0 Å². The standard InChI is InChI=1S/C11H15NO2/c1-9(13)14-8-11(7-12)10-5-3-2-4-6-10/h2-6,11H,7-8,12H2,1H3. The second-order valence-corrected chi connectivity index (χ2v) is 3.15. The van der Waals surface area contributed by atoms with Gasteiger partial charge in [0.25, 0.3) is 0 Å². The molecule has 0 amide bonds. The number of esters is 1. The molecule has 0 aliphatic heterocycles. The predicted octanol–water partition coefficient (Wildman–Crippen LogP) is 1.29. The third-order valence-electron chi connectivity index (χ3n) is 2.04. The Labute approximate surface area is 83.9 Å². The minimum absolute atomic E-state index is 0.0973. The Bertz CT molecular complexity index is 285. The monoisotopic (exact) mass is 193 g/mol. The molecule has 0 bridgehead atoms. The minimum atomic E-state index is -0.264. The molecule has 1 unspecified atom stereocenters. The van der Waals surface area contributed by atoms with E-state index in [9.17, 15) is 4.79 Å². The number of hydrogen-bond donors (Lipinski definition) is 1. The van der Waals surface area contributed by atoms with E-state index in [0.29, 0.717) is 13.2 Å². The van der Waals surface area contributed by atoms with Crippen LogP contribution in [0.1, 0.15) is 18.4 Å². The maximum Gasteiger partial charge on any atom is 0.302 e. The van der Waals surface area contributed by atoms with Crippen molar-refractivity contribution in [3.05, 3.63) is 35.9 Å². The van der Waals surface area contributed by atoms with Gasteiger partial charge in [-0.15, -0.1) is 0 Å². The van der Waals surface area contributed by atoms with Crippen LogP contribution in [0.2, 0.25) is 0 Å². The van der Waals surface area contributed by atoms with Crippen LogP contribution in [0.25, 0.3) is 0 Å². The van der Waals surface area contributed by atoms with Crippen LogP contribution in [0.3, 0.4) is 0 Å². The van der Waals surface area contributed by atoms with Gasteiger partial charge in [0.1, 0.15) is 0 Å². The predicted molar refractivity (Wildman–Crippen MR) is 54.9 cm³/mol. The summed E-state index contributed by atoms with van der Waals surface area (Å²) >= 11 is 0. The summed E-state index contributed by atoms with van der Waals surface area (Å²) in [5, 5.41) is 0. The van der Waals surface area contributed by atoms with E-state index >= 15 is 0 Å². The van der Waals surface area contributed by atoms with Gasteiger partial charge in [0.2, 0.25) is 0 Å². The molecule has 0 heterocycles. The summed E-state index contributed by atoms with van der Waals surface area (Å²) < 4.78 is 4.93. The minimum Gasteiger partial charge on any atom is -0.465 e. The molecule has 1 aromatic rings. The Balaban J connectivity index is 2.58. The van der Waals surface area contributed by atoms with Crippen molar-refractivity contribution in [3.8, 4) is 0 Å². The molecule has 0 fully saturated rings. The van der Waals surface area contributed by atoms with Gasteiger partial charge in [-0.2, -0.15) is 0 Å². The number of rotatable bonds is 4. The van der Waals surface area contributed by atoms with Gasteiger partial charge >= 0.3 is 5.97 Å². The van der Waals surface area contributed by atoms with Crippen LogP contribution in [0.15, 0.2) is 30.3 Å². The largest absolute Gasteiger partial charge is 0.465 e. The van der Waals surface area contributed by atoms with Crippen LogP contribution in [0.5, 0.6) is 0 Å². The van der Waals surface area contributed by atoms with Gasteiger partial charge in [0.05, 0.1) is 6.61 Å². The number of carbonyl (C=O) groups is 1. The molecule has 76 valence electrons. The highest BCUT2D eigenvalue weighted by molar-refractivity contribution is 5.65. The van der Waals surface area contributed by atoms with Gasteiger partial charge in [-0.3, -0.25) is 4.79 Å². The van der Waals surface area contributed by atoms with Gasteiger partial charge in [-0.1, -0.05) is 30.3 Å². The van der Waals surface area contributed by atoms with Crippen LogP contribution in [0, 0.1) is 0 Å². The van der Waals surface area contributed by atoms with E-state index in [1.807, 2.05) is 30.3 Å². The van der Waals surface area contributed by atoms with E-state index < -0.39 is 0 Å². The van der Waals surface area contributed by atoms with E-state index in [0.717, 1.165) is 5.56 Å². The molecule has 0 saturated heterocycles. The number of ether oxygens (including phenoxy) is 1. The van der Waals surface area contributed by atoms with Crippen LogP contribution >= 0.6 is 0 Å². The first-order valence-corrected chi connectivity index (χ1v) is 4.62. The van der Waals surface area contributed by atoms with Crippen molar-refractivity contribution in [2.45, 2.75) is 12.8 Å². The summed E-state index contributed by atoms with van der Waals surface area (Å²) in [6.45, 7) is 2.24. The lowest BCUT2D eigenvalue weighted by molar-refractivity contribution is -0.141. The van der Waals surface area contributed by atoms with E-state index in [-0.39, 0.29) is 11.9 Å². The summed E-state index contributed by atoms with van der Waals surface area (Å²) in [7, 11) is 0. The highest BCUT2D eigenvalue weighted by Gasteiger charge is 2.10. The van der Waals surface area contributed by atoms with Crippen molar-refractivity contribution in [2.24, 2.45) is 5.73 Å². The lowest BCUT2D eigenvalue weighted by atomic mass is 10.0. The van der Waals surface area contributed by atoms with Crippen LogP contribution in [0.4, 0.5) is 0 Å². The lowest BCUT2D eigenvalue weighted by Gasteiger charge is -2.14. The number of benzene rings is 1. The molecule has 1 rings (SSSR count). The van der Waals surface area contributed by atoms with E-state index in [2.05, 4.69) is 0 Å². The van der Waals surface area contributed by atoms with Crippen LogP contribution in [-0.2, 0) is 9.53 Å².